The zero-order valence-corrected chi connectivity index (χ0v) is 6.51. The van der Waals surface area contributed by atoms with Crippen LogP contribution in [0.25, 0.3) is 0 Å². The average Bonchev–Trinajstić information content (AvgIpc) is 1.81. The topological polar surface area (TPSA) is 89.6 Å². The van der Waals surface area contributed by atoms with Gasteiger partial charge in [0, 0.05) is 6.66 Å². The highest BCUT2D eigenvalue weighted by atomic mass is 31.2. The van der Waals surface area contributed by atoms with Crippen molar-refractivity contribution < 1.29 is 18.8 Å². The molecule has 1 atom stereocenters. The van der Waals surface area contributed by atoms with Crippen molar-refractivity contribution in [2.24, 2.45) is 5.73 Å². The summed E-state index contributed by atoms with van der Waals surface area (Å²) < 4.78 is 14.6. The lowest BCUT2D eigenvalue weighted by Gasteiger charge is -2.03. The lowest BCUT2D eigenvalue weighted by molar-refractivity contribution is -0.119. The number of nitrogens with two attached hydrogens (primary N) is 1. The van der Waals surface area contributed by atoms with Crippen LogP contribution in [-0.4, -0.2) is 30.5 Å². The summed E-state index contributed by atoms with van der Waals surface area (Å²) in [7, 11) is -3.51. The zero-order chi connectivity index (χ0) is 8.20. The molecule has 0 radical (unpaired) electrons. The normalized spacial score (nSPS) is 16.3. The molecule has 0 saturated carbocycles. The SMILES string of the molecule is CP(=O)(O)OCC(=O)CN. The smallest absolute Gasteiger partial charge is 0.324 e. The Morgan fingerprint density at radius 2 is 2.30 bits per heavy atom. The Morgan fingerprint density at radius 1 is 1.80 bits per heavy atom. The van der Waals surface area contributed by atoms with E-state index in [4.69, 9.17) is 10.6 Å². The molecule has 0 aromatic heterocycles. The van der Waals surface area contributed by atoms with Gasteiger partial charge in [-0.1, -0.05) is 0 Å². The largest absolute Gasteiger partial charge is 0.325 e. The number of rotatable bonds is 4. The highest BCUT2D eigenvalue weighted by Crippen LogP contribution is 2.35. The number of hydrogen-bond acceptors (Lipinski definition) is 4. The minimum Gasteiger partial charge on any atom is -0.324 e. The van der Waals surface area contributed by atoms with Gasteiger partial charge in [0.25, 0.3) is 0 Å². The average molecular weight is 167 g/mol. The fourth-order valence-corrected chi connectivity index (χ4v) is 0.634. The van der Waals surface area contributed by atoms with Gasteiger partial charge in [-0.3, -0.25) is 9.36 Å². The highest BCUT2D eigenvalue weighted by molar-refractivity contribution is 7.51. The van der Waals surface area contributed by atoms with Gasteiger partial charge in [-0.25, -0.2) is 0 Å². The molecule has 10 heavy (non-hydrogen) atoms. The van der Waals surface area contributed by atoms with Crippen molar-refractivity contribution in [1.29, 1.82) is 0 Å². The summed E-state index contributed by atoms with van der Waals surface area (Å²) in [6, 6.07) is 0. The van der Waals surface area contributed by atoms with E-state index in [-0.39, 0.29) is 13.2 Å². The Hall–Kier alpha value is -0.220. The first-order valence-electron chi connectivity index (χ1n) is 2.62. The molecule has 0 aromatic rings. The molecule has 60 valence electrons. The molecule has 3 N–H and O–H groups in total. The Labute approximate surface area is 58.7 Å². The minimum atomic E-state index is -3.51. The van der Waals surface area contributed by atoms with Gasteiger partial charge in [0.15, 0.2) is 5.78 Å². The Morgan fingerprint density at radius 3 is 2.60 bits per heavy atom. The summed E-state index contributed by atoms with van der Waals surface area (Å²) in [4.78, 5) is 18.9. The molecular weight excluding hydrogens is 157 g/mol. The van der Waals surface area contributed by atoms with Gasteiger partial charge >= 0.3 is 7.60 Å². The summed E-state index contributed by atoms with van der Waals surface area (Å²) in [5, 5.41) is 0. The second-order valence-corrected chi connectivity index (χ2v) is 3.68. The Bertz CT molecular complexity index is 163. The van der Waals surface area contributed by atoms with Gasteiger partial charge in [0.1, 0.15) is 6.61 Å². The van der Waals surface area contributed by atoms with E-state index >= 15 is 0 Å². The highest BCUT2D eigenvalue weighted by Gasteiger charge is 2.11. The van der Waals surface area contributed by atoms with E-state index in [0.717, 1.165) is 6.66 Å². The van der Waals surface area contributed by atoms with Crippen molar-refractivity contribution in [3.05, 3.63) is 0 Å². The molecule has 0 aromatic carbocycles. The van der Waals surface area contributed by atoms with Crippen LogP contribution >= 0.6 is 7.60 Å². The molecule has 0 heterocycles. The predicted octanol–water partition coefficient (Wildman–Crippen LogP) is -0.654. The van der Waals surface area contributed by atoms with Crippen LogP contribution in [0.1, 0.15) is 0 Å². The van der Waals surface area contributed by atoms with Crippen molar-refractivity contribution in [3.8, 4) is 0 Å². The van der Waals surface area contributed by atoms with Gasteiger partial charge in [0.05, 0.1) is 6.54 Å². The molecule has 0 aliphatic rings. The third kappa shape index (κ3) is 5.91. The third-order valence-corrected chi connectivity index (χ3v) is 1.30. The van der Waals surface area contributed by atoms with E-state index in [1.165, 1.54) is 0 Å². The molecule has 0 aliphatic carbocycles. The number of carbonyl (C=O) groups is 1. The Kier molecular flexibility index (Phi) is 3.75. The van der Waals surface area contributed by atoms with Crippen LogP contribution in [0.4, 0.5) is 0 Å². The second-order valence-electron chi connectivity index (χ2n) is 1.82. The maximum Gasteiger partial charge on any atom is 0.325 e. The molecule has 6 heteroatoms. The van der Waals surface area contributed by atoms with Crippen molar-refractivity contribution in [3.63, 3.8) is 0 Å². The number of hydrogen-bond donors (Lipinski definition) is 2. The minimum absolute atomic E-state index is 0.167. The van der Waals surface area contributed by atoms with Crippen LogP contribution in [-0.2, 0) is 13.9 Å². The molecule has 0 spiro atoms. The first-order chi connectivity index (χ1) is 4.45. The molecule has 1 unspecified atom stereocenters. The molecule has 0 aliphatic heterocycles. The van der Waals surface area contributed by atoms with Gasteiger partial charge in [0.2, 0.25) is 0 Å². The molecule has 0 amide bonds. The number of ketones is 1. The standard InChI is InChI=1S/C4H10NO4P/c1-10(7,8)9-3-4(6)2-5/h2-3,5H2,1H3,(H,7,8). The quantitative estimate of drug-likeness (QED) is 0.543. The summed E-state index contributed by atoms with van der Waals surface area (Å²) >= 11 is 0. The van der Waals surface area contributed by atoms with E-state index in [1.807, 2.05) is 0 Å². The van der Waals surface area contributed by atoms with Gasteiger partial charge < -0.3 is 15.2 Å². The van der Waals surface area contributed by atoms with Crippen LogP contribution in [0.2, 0.25) is 0 Å². The molecular formula is C4H10NO4P. The Balaban J connectivity index is 3.56. The second kappa shape index (κ2) is 3.83. The van der Waals surface area contributed by atoms with Gasteiger partial charge in [-0.15, -0.1) is 0 Å². The van der Waals surface area contributed by atoms with Crippen LogP contribution in [0.15, 0.2) is 0 Å². The van der Waals surface area contributed by atoms with E-state index in [0.29, 0.717) is 0 Å². The lowest BCUT2D eigenvalue weighted by atomic mass is 10.4. The third-order valence-electron chi connectivity index (χ3n) is 0.693. The molecule has 0 bridgehead atoms. The van der Waals surface area contributed by atoms with Crippen LogP contribution < -0.4 is 5.73 Å². The van der Waals surface area contributed by atoms with Gasteiger partial charge in [-0.05, 0) is 0 Å². The monoisotopic (exact) mass is 167 g/mol. The fourth-order valence-electron chi connectivity index (χ4n) is 0.251. The number of carbonyl (C=O) groups excluding carboxylic acids is 1. The molecule has 5 nitrogen and oxygen atoms in total. The summed E-state index contributed by atoms with van der Waals surface area (Å²) in [6.07, 6.45) is 0. The number of Topliss-reactive ketones (excluding diaryl/α,β-unsaturated/α-hetero) is 1. The van der Waals surface area contributed by atoms with E-state index < -0.39 is 13.4 Å². The fraction of sp³-hybridized carbons (Fsp3) is 0.750. The van der Waals surface area contributed by atoms with Crippen molar-refractivity contribution in [2.45, 2.75) is 0 Å². The van der Waals surface area contributed by atoms with E-state index in [2.05, 4.69) is 4.52 Å². The van der Waals surface area contributed by atoms with Crippen LogP contribution in [0.3, 0.4) is 0 Å². The van der Waals surface area contributed by atoms with Crippen LogP contribution in [0, 0.1) is 0 Å². The summed E-state index contributed by atoms with van der Waals surface area (Å²) in [5.74, 6) is -0.392. The van der Waals surface area contributed by atoms with E-state index in [9.17, 15) is 9.36 Å². The van der Waals surface area contributed by atoms with Crippen molar-refractivity contribution >= 4 is 13.4 Å². The molecule has 0 fully saturated rings. The molecule has 0 rings (SSSR count). The van der Waals surface area contributed by atoms with Crippen molar-refractivity contribution in [2.75, 3.05) is 19.8 Å². The van der Waals surface area contributed by atoms with Gasteiger partial charge in [-0.2, -0.15) is 0 Å². The lowest BCUT2D eigenvalue weighted by Crippen LogP contribution is -2.18. The predicted molar refractivity (Wildman–Crippen MR) is 35.8 cm³/mol. The van der Waals surface area contributed by atoms with Crippen molar-refractivity contribution in [1.82, 2.24) is 0 Å². The van der Waals surface area contributed by atoms with E-state index in [1.54, 1.807) is 0 Å². The molecule has 0 saturated heterocycles. The first kappa shape index (κ1) is 9.78. The first-order valence-corrected chi connectivity index (χ1v) is 4.65. The zero-order valence-electron chi connectivity index (χ0n) is 5.61. The maximum atomic E-state index is 10.4. The maximum absolute atomic E-state index is 10.4. The summed E-state index contributed by atoms with van der Waals surface area (Å²) in [5.41, 5.74) is 4.90. The van der Waals surface area contributed by atoms with Crippen LogP contribution in [0.5, 0.6) is 0 Å². The summed E-state index contributed by atoms with van der Waals surface area (Å²) in [6.45, 7) is 0.456.